The molecule has 26 heavy (non-hydrogen) atoms. The predicted molar refractivity (Wildman–Crippen MR) is 92.9 cm³/mol. The van der Waals surface area contributed by atoms with Gasteiger partial charge < -0.3 is 9.80 Å². The maximum Gasteiger partial charge on any atom is 0.289 e. The average Bonchev–Trinajstić information content (AvgIpc) is 3.42. The lowest BCUT2D eigenvalue weighted by Gasteiger charge is -2.35. The van der Waals surface area contributed by atoms with Gasteiger partial charge in [0.05, 0.1) is 5.71 Å². The van der Waals surface area contributed by atoms with Gasteiger partial charge in [0.2, 0.25) is 12.1 Å². The van der Waals surface area contributed by atoms with Crippen molar-refractivity contribution in [3.63, 3.8) is 0 Å². The Bertz CT molecular complexity index is 798. The first-order chi connectivity index (χ1) is 12.4. The molecule has 4 rings (SSSR count). The molecule has 2 fully saturated rings. The van der Waals surface area contributed by atoms with Crippen LogP contribution in [0.5, 0.6) is 0 Å². The number of piperazine rings is 1. The van der Waals surface area contributed by atoms with Gasteiger partial charge in [0, 0.05) is 44.8 Å². The molecule has 0 aromatic carbocycles. The predicted octanol–water partition coefficient (Wildman–Crippen LogP) is 0.572. The Hall–Kier alpha value is -2.58. The van der Waals surface area contributed by atoms with Crippen molar-refractivity contribution in [3.8, 4) is 0 Å². The maximum absolute atomic E-state index is 14.0. The zero-order valence-electron chi connectivity index (χ0n) is 14.9. The van der Waals surface area contributed by atoms with Crippen molar-refractivity contribution in [1.82, 2.24) is 19.6 Å². The van der Waals surface area contributed by atoms with Crippen LogP contribution in [0.2, 0.25) is 0 Å². The molecule has 0 radical (unpaired) electrons. The van der Waals surface area contributed by atoms with Gasteiger partial charge in [-0.05, 0) is 25.8 Å². The van der Waals surface area contributed by atoms with Crippen LogP contribution in [0, 0.1) is 12.8 Å². The molecule has 8 nitrogen and oxygen atoms in total. The molecule has 1 saturated carbocycles. The van der Waals surface area contributed by atoms with Crippen LogP contribution in [0.15, 0.2) is 16.1 Å². The number of aromatic nitrogens is 2. The molecule has 1 aromatic heterocycles. The summed E-state index contributed by atoms with van der Waals surface area (Å²) in [6.45, 7) is 3.86. The SMILES string of the molecule is Cc1cc(C(=O)N2CCN(C3=NC(=O)C(F)C(C4CC4)=N3)CC2)nn1C. The minimum absolute atomic E-state index is 0.0784. The third-order valence-corrected chi connectivity index (χ3v) is 5.09. The topological polar surface area (TPSA) is 83.2 Å². The highest BCUT2D eigenvalue weighted by atomic mass is 19.1. The van der Waals surface area contributed by atoms with Crippen LogP contribution in [0.3, 0.4) is 0 Å². The summed E-state index contributed by atoms with van der Waals surface area (Å²) < 4.78 is 15.7. The van der Waals surface area contributed by atoms with Crippen LogP contribution in [-0.4, -0.2) is 75.4 Å². The number of nitrogens with zero attached hydrogens (tertiary/aromatic N) is 6. The van der Waals surface area contributed by atoms with E-state index in [-0.39, 0.29) is 17.8 Å². The van der Waals surface area contributed by atoms with E-state index < -0.39 is 12.1 Å². The largest absolute Gasteiger partial charge is 0.337 e. The Morgan fingerprint density at radius 2 is 1.88 bits per heavy atom. The lowest BCUT2D eigenvalue weighted by atomic mass is 10.1. The van der Waals surface area contributed by atoms with Crippen molar-refractivity contribution in [2.45, 2.75) is 25.9 Å². The van der Waals surface area contributed by atoms with E-state index in [4.69, 9.17) is 0 Å². The highest BCUT2D eigenvalue weighted by Gasteiger charge is 2.40. The normalized spacial score (nSPS) is 23.8. The molecule has 2 aliphatic heterocycles. The van der Waals surface area contributed by atoms with Gasteiger partial charge in [-0.15, -0.1) is 0 Å². The molecule has 9 heteroatoms. The third kappa shape index (κ3) is 3.02. The number of hydrogen-bond donors (Lipinski definition) is 0. The average molecular weight is 360 g/mol. The molecule has 3 aliphatic rings. The first kappa shape index (κ1) is 16.9. The molecule has 0 N–H and O–H groups in total. The van der Waals surface area contributed by atoms with Crippen molar-refractivity contribution in [3.05, 3.63) is 17.5 Å². The monoisotopic (exact) mass is 360 g/mol. The Kier molecular flexibility index (Phi) is 4.08. The zero-order valence-corrected chi connectivity index (χ0v) is 14.9. The number of aryl methyl sites for hydroxylation is 2. The summed E-state index contributed by atoms with van der Waals surface area (Å²) in [4.78, 5) is 36.1. The lowest BCUT2D eigenvalue weighted by molar-refractivity contribution is -0.120. The summed E-state index contributed by atoms with van der Waals surface area (Å²) >= 11 is 0. The second-order valence-electron chi connectivity index (χ2n) is 7.00. The quantitative estimate of drug-likeness (QED) is 0.772. The summed E-state index contributed by atoms with van der Waals surface area (Å²) in [5.41, 5.74) is 1.67. The molecule has 2 amide bonds. The summed E-state index contributed by atoms with van der Waals surface area (Å²) in [6, 6.07) is 1.77. The van der Waals surface area contributed by atoms with E-state index in [0.29, 0.717) is 37.6 Å². The van der Waals surface area contributed by atoms with Gasteiger partial charge in [-0.3, -0.25) is 14.3 Å². The molecule has 1 unspecified atom stereocenters. The molecular weight excluding hydrogens is 339 g/mol. The smallest absolute Gasteiger partial charge is 0.289 e. The lowest BCUT2D eigenvalue weighted by Crippen LogP contribution is -2.51. The molecule has 0 bridgehead atoms. The summed E-state index contributed by atoms with van der Waals surface area (Å²) in [7, 11) is 1.80. The Morgan fingerprint density at radius 1 is 1.19 bits per heavy atom. The van der Waals surface area contributed by atoms with Gasteiger partial charge in [0.15, 0.2) is 5.69 Å². The van der Waals surface area contributed by atoms with Crippen LogP contribution in [0.25, 0.3) is 0 Å². The molecule has 1 atom stereocenters. The first-order valence-electron chi connectivity index (χ1n) is 8.84. The molecule has 1 aliphatic carbocycles. The molecular formula is C17H21FN6O2. The number of halogens is 1. The Morgan fingerprint density at radius 3 is 2.46 bits per heavy atom. The van der Waals surface area contributed by atoms with Crippen LogP contribution in [0.1, 0.15) is 29.0 Å². The van der Waals surface area contributed by atoms with Crippen molar-refractivity contribution < 1.29 is 14.0 Å². The number of alkyl halides is 1. The van der Waals surface area contributed by atoms with E-state index in [1.807, 2.05) is 11.8 Å². The fourth-order valence-electron chi connectivity index (χ4n) is 3.23. The van der Waals surface area contributed by atoms with Crippen molar-refractivity contribution >= 4 is 23.5 Å². The minimum Gasteiger partial charge on any atom is -0.337 e. The summed E-state index contributed by atoms with van der Waals surface area (Å²) in [5, 5.41) is 4.23. The highest BCUT2D eigenvalue weighted by molar-refractivity contribution is 6.18. The van der Waals surface area contributed by atoms with Crippen molar-refractivity contribution in [1.29, 1.82) is 0 Å². The van der Waals surface area contributed by atoms with Crippen molar-refractivity contribution in [2.75, 3.05) is 26.2 Å². The fourth-order valence-corrected chi connectivity index (χ4v) is 3.23. The van der Waals surface area contributed by atoms with Crippen LogP contribution in [-0.2, 0) is 11.8 Å². The highest BCUT2D eigenvalue weighted by Crippen LogP contribution is 2.34. The summed E-state index contributed by atoms with van der Waals surface area (Å²) in [5.74, 6) is -0.512. The first-order valence-corrected chi connectivity index (χ1v) is 8.84. The third-order valence-electron chi connectivity index (χ3n) is 5.09. The number of hydrogen-bond acceptors (Lipinski definition) is 5. The van der Waals surface area contributed by atoms with E-state index in [2.05, 4.69) is 15.1 Å². The van der Waals surface area contributed by atoms with Crippen LogP contribution < -0.4 is 0 Å². The van der Waals surface area contributed by atoms with E-state index in [1.165, 1.54) is 0 Å². The minimum atomic E-state index is -1.69. The molecule has 138 valence electrons. The van der Waals surface area contributed by atoms with Gasteiger partial charge in [-0.25, -0.2) is 9.38 Å². The molecule has 0 spiro atoms. The number of aliphatic imine (C=N–C) groups is 2. The van der Waals surface area contributed by atoms with E-state index in [0.717, 1.165) is 18.5 Å². The Balaban J connectivity index is 1.42. The maximum atomic E-state index is 14.0. The Labute approximate surface area is 150 Å². The van der Waals surface area contributed by atoms with Gasteiger partial charge >= 0.3 is 0 Å². The van der Waals surface area contributed by atoms with Gasteiger partial charge in [-0.1, -0.05) is 0 Å². The van der Waals surface area contributed by atoms with E-state index in [1.54, 1.807) is 22.7 Å². The second-order valence-corrected chi connectivity index (χ2v) is 7.00. The van der Waals surface area contributed by atoms with Gasteiger partial charge in [0.25, 0.3) is 11.8 Å². The molecule has 1 aromatic rings. The summed E-state index contributed by atoms with van der Waals surface area (Å²) in [6.07, 6.45) is 0.0680. The van der Waals surface area contributed by atoms with Crippen LogP contribution in [0.4, 0.5) is 4.39 Å². The number of carbonyl (C=O) groups is 2. The number of carbonyl (C=O) groups excluding carboxylic acids is 2. The fraction of sp³-hybridized carbons (Fsp3) is 0.588. The molecule has 1 saturated heterocycles. The van der Waals surface area contributed by atoms with Gasteiger partial charge in [0.1, 0.15) is 0 Å². The van der Waals surface area contributed by atoms with Crippen molar-refractivity contribution in [2.24, 2.45) is 23.0 Å². The number of amides is 2. The van der Waals surface area contributed by atoms with Gasteiger partial charge in [-0.2, -0.15) is 10.1 Å². The molecule has 3 heterocycles. The number of guanidine groups is 1. The second kappa shape index (κ2) is 6.30. The zero-order chi connectivity index (χ0) is 18.4. The van der Waals surface area contributed by atoms with E-state index in [9.17, 15) is 14.0 Å². The van der Waals surface area contributed by atoms with E-state index >= 15 is 0 Å². The standard InChI is InChI=1S/C17H21FN6O2/c1-10-9-12(21-22(10)2)16(26)23-5-7-24(8-6-23)17-19-14(11-3-4-11)13(18)15(25)20-17/h9,11,13H,3-8H2,1-2H3. The van der Waals surface area contributed by atoms with Crippen LogP contribution >= 0.6 is 0 Å². The number of rotatable bonds is 2.